The van der Waals surface area contributed by atoms with Gasteiger partial charge in [-0.1, -0.05) is 24.2 Å². The van der Waals surface area contributed by atoms with Gasteiger partial charge in [-0.2, -0.15) is 4.31 Å². The number of aromatic nitrogens is 2. The monoisotopic (exact) mass is 447 g/mol. The number of halogens is 2. The average Bonchev–Trinajstić information content (AvgIpc) is 3.06. The Morgan fingerprint density at radius 2 is 1.96 bits per heavy atom. The third-order valence-electron chi connectivity index (χ3n) is 4.80. The molecule has 27 heavy (non-hydrogen) atoms. The summed E-state index contributed by atoms with van der Waals surface area (Å²) >= 11 is 13.5. The van der Waals surface area contributed by atoms with Gasteiger partial charge in [0.2, 0.25) is 15.9 Å². The number of piperidine rings is 1. The lowest BCUT2D eigenvalue weighted by atomic mass is 10.2. The molecule has 0 unspecified atom stereocenters. The number of thioether (sulfide) groups is 1. The summed E-state index contributed by atoms with van der Waals surface area (Å²) in [5.41, 5.74) is 0.586. The molecule has 146 valence electrons. The van der Waals surface area contributed by atoms with Gasteiger partial charge in [-0.25, -0.2) is 8.42 Å². The molecule has 1 aromatic carbocycles. The molecule has 1 aliphatic heterocycles. The van der Waals surface area contributed by atoms with Crippen LogP contribution in [0, 0.1) is 5.92 Å². The summed E-state index contributed by atoms with van der Waals surface area (Å²) in [6, 6.07) is 6.66. The molecule has 1 aromatic heterocycles. The van der Waals surface area contributed by atoms with E-state index >= 15 is 0 Å². The first-order valence-electron chi connectivity index (χ1n) is 8.81. The van der Waals surface area contributed by atoms with E-state index in [9.17, 15) is 8.42 Å². The van der Waals surface area contributed by atoms with Crippen molar-refractivity contribution in [2.75, 3.05) is 18.8 Å². The Labute approximate surface area is 172 Å². The highest BCUT2D eigenvalue weighted by Crippen LogP contribution is 2.54. The van der Waals surface area contributed by atoms with Crippen molar-refractivity contribution in [1.29, 1.82) is 0 Å². The van der Waals surface area contributed by atoms with Crippen LogP contribution in [0.2, 0.25) is 0 Å². The summed E-state index contributed by atoms with van der Waals surface area (Å²) in [6.45, 7) is 1.13. The van der Waals surface area contributed by atoms with E-state index in [0.29, 0.717) is 35.5 Å². The zero-order chi connectivity index (χ0) is 19.1. The second-order valence-corrected chi connectivity index (χ2v) is 11.3. The molecule has 0 amide bonds. The molecular formula is C17H19Cl2N3O3S2. The Kier molecular flexibility index (Phi) is 5.46. The molecule has 2 aliphatic rings. The fourth-order valence-corrected chi connectivity index (χ4v) is 6.31. The Morgan fingerprint density at radius 1 is 1.22 bits per heavy atom. The molecule has 2 heterocycles. The van der Waals surface area contributed by atoms with E-state index in [1.165, 1.54) is 11.8 Å². The maximum absolute atomic E-state index is 12.9. The summed E-state index contributed by atoms with van der Waals surface area (Å²) < 4.78 is 32.3. The van der Waals surface area contributed by atoms with E-state index in [1.807, 2.05) is 0 Å². The standard InChI is InChI=1S/C17H19Cl2N3O3S2/c18-17(19)10-13(17)11-26-16-21-20-15(25-16)12-5-4-6-14(9-12)27(23,24)22-7-2-1-3-8-22/h4-6,9,13H,1-3,7-8,10-11H2/t13-/m0/s1. The topological polar surface area (TPSA) is 76.3 Å². The molecule has 10 heteroatoms. The molecule has 0 N–H and O–H groups in total. The van der Waals surface area contributed by atoms with Crippen LogP contribution >= 0.6 is 35.0 Å². The number of hydrogen-bond donors (Lipinski definition) is 0. The van der Waals surface area contributed by atoms with Gasteiger partial charge in [0.15, 0.2) is 0 Å². The maximum Gasteiger partial charge on any atom is 0.276 e. The maximum atomic E-state index is 12.9. The van der Waals surface area contributed by atoms with Gasteiger partial charge in [-0.05, 0) is 37.5 Å². The predicted octanol–water partition coefficient (Wildman–Crippen LogP) is 4.20. The van der Waals surface area contributed by atoms with Crippen molar-refractivity contribution in [3.8, 4) is 11.5 Å². The largest absolute Gasteiger partial charge is 0.411 e. The van der Waals surface area contributed by atoms with Crippen LogP contribution in [0.5, 0.6) is 0 Å². The molecule has 6 nitrogen and oxygen atoms in total. The van der Waals surface area contributed by atoms with E-state index in [1.54, 1.807) is 28.6 Å². The quantitative estimate of drug-likeness (QED) is 0.487. The molecule has 1 aliphatic carbocycles. The number of alkyl halides is 2. The van der Waals surface area contributed by atoms with Crippen LogP contribution in [-0.4, -0.2) is 46.1 Å². The Morgan fingerprint density at radius 3 is 2.67 bits per heavy atom. The number of hydrogen-bond acceptors (Lipinski definition) is 6. The lowest BCUT2D eigenvalue weighted by molar-refractivity contribution is 0.346. The molecule has 0 bridgehead atoms. The van der Waals surface area contributed by atoms with Gasteiger partial charge in [-0.15, -0.1) is 33.4 Å². The Hall–Kier alpha value is -0.800. The summed E-state index contributed by atoms with van der Waals surface area (Å²) in [4.78, 5) is 0.251. The van der Waals surface area contributed by atoms with Gasteiger partial charge < -0.3 is 4.42 Å². The highest BCUT2D eigenvalue weighted by molar-refractivity contribution is 7.99. The predicted molar refractivity (Wildman–Crippen MR) is 106 cm³/mol. The van der Waals surface area contributed by atoms with E-state index in [0.717, 1.165) is 25.7 Å². The van der Waals surface area contributed by atoms with Crippen molar-refractivity contribution in [3.05, 3.63) is 24.3 Å². The zero-order valence-electron chi connectivity index (χ0n) is 14.5. The summed E-state index contributed by atoms with van der Waals surface area (Å²) in [5, 5.41) is 8.49. The van der Waals surface area contributed by atoms with Crippen LogP contribution in [0.3, 0.4) is 0 Å². The summed E-state index contributed by atoms with van der Waals surface area (Å²) in [5.74, 6) is 1.23. The van der Waals surface area contributed by atoms with Gasteiger partial charge in [0, 0.05) is 30.3 Å². The SMILES string of the molecule is O=S(=O)(c1cccc(-c2nnc(SC[C@@H]3CC3(Cl)Cl)o2)c1)N1CCCCC1. The van der Waals surface area contributed by atoms with Crippen molar-refractivity contribution in [1.82, 2.24) is 14.5 Å². The first-order chi connectivity index (χ1) is 12.9. The molecule has 1 saturated heterocycles. The van der Waals surface area contributed by atoms with Gasteiger partial charge in [0.05, 0.1) is 4.90 Å². The number of sulfonamides is 1. The van der Waals surface area contributed by atoms with Crippen LogP contribution in [0.15, 0.2) is 38.8 Å². The number of nitrogens with zero attached hydrogens (tertiary/aromatic N) is 3. The van der Waals surface area contributed by atoms with Gasteiger partial charge >= 0.3 is 0 Å². The fourth-order valence-electron chi connectivity index (χ4n) is 3.05. The summed E-state index contributed by atoms with van der Waals surface area (Å²) in [7, 11) is -3.50. The van der Waals surface area contributed by atoms with Crippen molar-refractivity contribution < 1.29 is 12.8 Å². The van der Waals surface area contributed by atoms with Crippen LogP contribution in [0.1, 0.15) is 25.7 Å². The van der Waals surface area contributed by atoms with Crippen LogP contribution in [0.4, 0.5) is 0 Å². The number of benzene rings is 1. The minimum Gasteiger partial charge on any atom is -0.411 e. The van der Waals surface area contributed by atoms with Gasteiger partial charge in [0.1, 0.15) is 4.33 Å². The fraction of sp³-hybridized carbons (Fsp3) is 0.529. The molecule has 2 fully saturated rings. The van der Waals surface area contributed by atoms with Crippen LogP contribution < -0.4 is 0 Å². The Balaban J connectivity index is 1.49. The second-order valence-electron chi connectivity index (χ2n) is 6.84. The number of rotatable bonds is 6. The smallest absolute Gasteiger partial charge is 0.276 e. The van der Waals surface area contributed by atoms with Crippen molar-refractivity contribution >= 4 is 45.0 Å². The van der Waals surface area contributed by atoms with Crippen LogP contribution in [0.25, 0.3) is 11.5 Å². The molecular weight excluding hydrogens is 429 g/mol. The Bertz CT molecular complexity index is 927. The van der Waals surface area contributed by atoms with Crippen molar-refractivity contribution in [2.24, 2.45) is 5.92 Å². The highest BCUT2D eigenvalue weighted by Gasteiger charge is 2.51. The van der Waals surface area contributed by atoms with Crippen molar-refractivity contribution in [2.45, 2.75) is 40.1 Å². The normalized spacial score (nSPS) is 22.7. The molecule has 1 saturated carbocycles. The zero-order valence-corrected chi connectivity index (χ0v) is 17.6. The average molecular weight is 448 g/mol. The third-order valence-corrected chi connectivity index (χ3v) is 8.61. The molecule has 0 spiro atoms. The second kappa shape index (κ2) is 7.55. The van der Waals surface area contributed by atoms with E-state index < -0.39 is 14.4 Å². The highest BCUT2D eigenvalue weighted by atomic mass is 35.5. The lowest BCUT2D eigenvalue weighted by Crippen LogP contribution is -2.35. The van der Waals surface area contributed by atoms with Gasteiger partial charge in [0.25, 0.3) is 5.22 Å². The molecule has 4 rings (SSSR count). The molecule has 0 radical (unpaired) electrons. The summed E-state index contributed by atoms with van der Waals surface area (Å²) in [6.07, 6.45) is 3.64. The molecule has 2 aromatic rings. The van der Waals surface area contributed by atoms with Crippen LogP contribution in [-0.2, 0) is 10.0 Å². The third kappa shape index (κ3) is 4.29. The molecule has 1 atom stereocenters. The lowest BCUT2D eigenvalue weighted by Gasteiger charge is -2.25. The minimum atomic E-state index is -3.50. The van der Waals surface area contributed by atoms with Crippen molar-refractivity contribution in [3.63, 3.8) is 0 Å². The first kappa shape index (κ1) is 19.5. The van der Waals surface area contributed by atoms with Gasteiger partial charge in [-0.3, -0.25) is 0 Å². The van der Waals surface area contributed by atoms with E-state index in [2.05, 4.69) is 10.2 Å². The van der Waals surface area contributed by atoms with E-state index in [4.69, 9.17) is 27.6 Å². The van der Waals surface area contributed by atoms with E-state index in [-0.39, 0.29) is 10.8 Å². The first-order valence-corrected chi connectivity index (χ1v) is 12.0. The minimum absolute atomic E-state index is 0.221.